The summed E-state index contributed by atoms with van der Waals surface area (Å²) in [6.45, 7) is 0. The summed E-state index contributed by atoms with van der Waals surface area (Å²) in [6.07, 6.45) is 0. The minimum atomic E-state index is 0.754. The Bertz CT molecular complexity index is 374. The molecule has 0 aliphatic heterocycles. The summed E-state index contributed by atoms with van der Waals surface area (Å²) < 4.78 is 0. The van der Waals surface area contributed by atoms with Crippen LogP contribution < -0.4 is 5.46 Å². The number of rotatable bonds is 1. The quantitative estimate of drug-likeness (QED) is 0.618. The number of hydrogen-bond donors (Lipinski definition) is 0. The van der Waals surface area contributed by atoms with E-state index in [0.29, 0.717) is 0 Å². The molecule has 2 aromatic carbocycles. The second kappa shape index (κ2) is 3.89. The fraction of sp³-hybridized carbons (Fsp3) is 0. The molecule has 0 N–H and O–H groups in total. The van der Waals surface area contributed by atoms with Gasteiger partial charge >= 0.3 is 0 Å². The van der Waals surface area contributed by atoms with Crippen LogP contribution in [0.2, 0.25) is 5.02 Å². The van der Waals surface area contributed by atoms with Crippen molar-refractivity contribution >= 4 is 24.9 Å². The van der Waals surface area contributed by atoms with Crippen molar-refractivity contribution < 1.29 is 0 Å². The molecular weight excluding hydrogens is 190 g/mol. The van der Waals surface area contributed by atoms with E-state index in [1.807, 2.05) is 48.5 Å². The zero-order valence-corrected chi connectivity index (χ0v) is 8.33. The minimum Gasteiger partial charge on any atom is -0.0966 e. The Morgan fingerprint density at radius 3 is 1.64 bits per heavy atom. The zero-order valence-electron chi connectivity index (χ0n) is 7.57. The molecule has 0 fully saturated rings. The molecule has 14 heavy (non-hydrogen) atoms. The van der Waals surface area contributed by atoms with E-state index in [9.17, 15) is 0 Å². The van der Waals surface area contributed by atoms with Gasteiger partial charge in [-0.05, 0) is 23.3 Å². The Morgan fingerprint density at radius 1 is 0.714 bits per heavy atom. The van der Waals surface area contributed by atoms with Crippen molar-refractivity contribution in [2.24, 2.45) is 0 Å². The van der Waals surface area contributed by atoms with Gasteiger partial charge in [0.25, 0.3) is 0 Å². The Hall–Kier alpha value is -1.21. The largest absolute Gasteiger partial charge is 0.113 e. The summed E-state index contributed by atoms with van der Waals surface area (Å²) in [7, 11) is 5.61. The Kier molecular flexibility index (Phi) is 2.60. The molecule has 0 saturated carbocycles. The molecule has 0 unspecified atom stereocenters. The predicted molar refractivity (Wildman–Crippen MR) is 62.3 cm³/mol. The molecule has 0 atom stereocenters. The van der Waals surface area contributed by atoms with Crippen LogP contribution in [0.5, 0.6) is 0 Å². The second-order valence-electron chi connectivity index (χ2n) is 3.13. The standard InChI is InChI=1S/C12H8BCl/c13-11-5-1-9(2-6-11)10-3-7-12(14)8-4-10/h1-8H. The first-order valence-electron chi connectivity index (χ1n) is 4.37. The van der Waals surface area contributed by atoms with E-state index in [0.717, 1.165) is 21.6 Å². The maximum absolute atomic E-state index is 5.80. The van der Waals surface area contributed by atoms with Gasteiger partial charge in [0.15, 0.2) is 0 Å². The van der Waals surface area contributed by atoms with Gasteiger partial charge in [0, 0.05) is 5.02 Å². The Labute approximate surface area is 89.9 Å². The first kappa shape index (κ1) is 9.35. The van der Waals surface area contributed by atoms with Crippen molar-refractivity contribution in [3.05, 3.63) is 53.6 Å². The van der Waals surface area contributed by atoms with E-state index in [1.54, 1.807) is 0 Å². The van der Waals surface area contributed by atoms with Gasteiger partial charge < -0.3 is 0 Å². The highest BCUT2D eigenvalue weighted by molar-refractivity contribution is 6.32. The fourth-order valence-corrected chi connectivity index (χ4v) is 1.44. The van der Waals surface area contributed by atoms with Crippen molar-refractivity contribution in [1.29, 1.82) is 0 Å². The van der Waals surface area contributed by atoms with Gasteiger partial charge in [-0.25, -0.2) is 0 Å². The summed E-state index contributed by atoms with van der Waals surface area (Å²) >= 11 is 5.80. The van der Waals surface area contributed by atoms with Crippen molar-refractivity contribution in [1.82, 2.24) is 0 Å². The highest BCUT2D eigenvalue weighted by atomic mass is 35.5. The van der Waals surface area contributed by atoms with E-state index in [4.69, 9.17) is 19.4 Å². The lowest BCUT2D eigenvalue weighted by atomic mass is 9.94. The predicted octanol–water partition coefficient (Wildman–Crippen LogP) is 2.80. The zero-order chi connectivity index (χ0) is 9.97. The minimum absolute atomic E-state index is 0.754. The third kappa shape index (κ3) is 1.99. The number of halogens is 1. The van der Waals surface area contributed by atoms with Crippen LogP contribution in [-0.2, 0) is 0 Å². The smallest absolute Gasteiger partial charge is 0.0966 e. The van der Waals surface area contributed by atoms with Gasteiger partial charge in [-0.2, -0.15) is 0 Å². The van der Waals surface area contributed by atoms with E-state index in [1.165, 1.54) is 0 Å². The molecule has 0 spiro atoms. The van der Waals surface area contributed by atoms with Crippen LogP contribution in [-0.4, -0.2) is 7.85 Å². The summed E-state index contributed by atoms with van der Waals surface area (Å²) in [4.78, 5) is 0. The molecule has 2 heteroatoms. The van der Waals surface area contributed by atoms with Crippen LogP contribution in [0, 0.1) is 0 Å². The third-order valence-corrected chi connectivity index (χ3v) is 2.34. The molecule has 0 aromatic heterocycles. The highest BCUT2D eigenvalue weighted by Gasteiger charge is 1.95. The second-order valence-corrected chi connectivity index (χ2v) is 3.57. The van der Waals surface area contributed by atoms with Crippen LogP contribution >= 0.6 is 11.6 Å². The lowest BCUT2D eigenvalue weighted by molar-refractivity contribution is 1.63. The van der Waals surface area contributed by atoms with Crippen LogP contribution in [0.4, 0.5) is 0 Å². The maximum Gasteiger partial charge on any atom is 0.113 e. The molecule has 2 radical (unpaired) electrons. The monoisotopic (exact) mass is 198 g/mol. The first-order chi connectivity index (χ1) is 6.75. The van der Waals surface area contributed by atoms with E-state index >= 15 is 0 Å². The van der Waals surface area contributed by atoms with Gasteiger partial charge in [0.1, 0.15) is 7.85 Å². The van der Waals surface area contributed by atoms with Gasteiger partial charge in [-0.3, -0.25) is 0 Å². The average Bonchev–Trinajstić information content (AvgIpc) is 2.21. The van der Waals surface area contributed by atoms with Gasteiger partial charge in [-0.15, -0.1) is 0 Å². The van der Waals surface area contributed by atoms with Crippen LogP contribution in [0.3, 0.4) is 0 Å². The van der Waals surface area contributed by atoms with Crippen molar-refractivity contribution in [3.63, 3.8) is 0 Å². The molecule has 0 nitrogen and oxygen atoms in total. The summed E-state index contributed by atoms with van der Waals surface area (Å²) in [6, 6.07) is 15.5. The highest BCUT2D eigenvalue weighted by Crippen LogP contribution is 2.20. The SMILES string of the molecule is [B]c1ccc(-c2ccc(Cl)cc2)cc1. The van der Waals surface area contributed by atoms with Gasteiger partial charge in [0.2, 0.25) is 0 Å². The van der Waals surface area contributed by atoms with Crippen LogP contribution in [0.15, 0.2) is 48.5 Å². The third-order valence-electron chi connectivity index (χ3n) is 2.09. The molecular formula is C12H8BCl. The summed E-state index contributed by atoms with van der Waals surface area (Å²) in [5.41, 5.74) is 3.08. The van der Waals surface area contributed by atoms with E-state index in [2.05, 4.69) is 0 Å². The molecule has 0 heterocycles. The Morgan fingerprint density at radius 2 is 1.14 bits per heavy atom. The molecule has 0 bridgehead atoms. The van der Waals surface area contributed by atoms with Crippen LogP contribution in [0.25, 0.3) is 11.1 Å². The first-order valence-corrected chi connectivity index (χ1v) is 4.75. The van der Waals surface area contributed by atoms with Crippen molar-refractivity contribution in [3.8, 4) is 11.1 Å². The summed E-state index contributed by atoms with van der Waals surface area (Å²) in [5.74, 6) is 0. The molecule has 0 aliphatic carbocycles. The topological polar surface area (TPSA) is 0 Å². The Balaban J connectivity index is 2.40. The lowest BCUT2D eigenvalue weighted by Crippen LogP contribution is -1.98. The molecule has 0 amide bonds. The molecule has 0 saturated heterocycles. The van der Waals surface area contributed by atoms with Crippen molar-refractivity contribution in [2.45, 2.75) is 0 Å². The molecule has 2 aromatic rings. The lowest BCUT2D eigenvalue weighted by Gasteiger charge is -2.01. The maximum atomic E-state index is 5.80. The normalized spacial score (nSPS) is 10.1. The molecule has 0 aliphatic rings. The molecule has 66 valence electrons. The van der Waals surface area contributed by atoms with Gasteiger partial charge in [-0.1, -0.05) is 53.5 Å². The summed E-state index contributed by atoms with van der Waals surface area (Å²) in [5, 5.41) is 0.754. The average molecular weight is 198 g/mol. The van der Waals surface area contributed by atoms with E-state index in [-0.39, 0.29) is 0 Å². The van der Waals surface area contributed by atoms with Crippen molar-refractivity contribution in [2.75, 3.05) is 0 Å². The number of hydrogen-bond acceptors (Lipinski definition) is 0. The number of benzene rings is 2. The van der Waals surface area contributed by atoms with E-state index < -0.39 is 0 Å². The van der Waals surface area contributed by atoms with Gasteiger partial charge in [0.05, 0.1) is 0 Å². The molecule has 2 rings (SSSR count). The fourth-order valence-electron chi connectivity index (χ4n) is 1.32. The van der Waals surface area contributed by atoms with Crippen LogP contribution in [0.1, 0.15) is 0 Å².